The Bertz CT molecular complexity index is 1200. The molecule has 4 rings (SSSR count). The SMILES string of the molecule is CN(CC(=O)N(Cc1ccc(C(F)(F)F)cc1)C1CC(NC(=O)NC2COC2)C1)c1ccc(C#N)cc1F. The molecule has 1 saturated carbocycles. The summed E-state index contributed by atoms with van der Waals surface area (Å²) in [5.74, 6) is -1.000. The van der Waals surface area contributed by atoms with Crippen LogP contribution in [0.1, 0.15) is 29.5 Å². The Morgan fingerprint density at radius 2 is 1.74 bits per heavy atom. The number of halogens is 4. The summed E-state index contributed by atoms with van der Waals surface area (Å²) in [6.07, 6.45) is -3.53. The number of nitriles is 1. The van der Waals surface area contributed by atoms with Crippen LogP contribution in [0, 0.1) is 17.1 Å². The first-order valence-corrected chi connectivity index (χ1v) is 12.0. The van der Waals surface area contributed by atoms with E-state index in [1.165, 1.54) is 36.2 Å². The highest BCUT2D eigenvalue weighted by atomic mass is 19.4. The number of rotatable bonds is 8. The number of likely N-dealkylation sites (N-methyl/N-ethyl adjacent to an activating group) is 1. The minimum absolute atomic E-state index is 0.0261. The lowest BCUT2D eigenvalue weighted by Gasteiger charge is -2.44. The van der Waals surface area contributed by atoms with Gasteiger partial charge in [-0.25, -0.2) is 9.18 Å². The van der Waals surface area contributed by atoms with E-state index in [9.17, 15) is 27.2 Å². The number of amides is 3. The monoisotopic (exact) mass is 533 g/mol. The van der Waals surface area contributed by atoms with Crippen molar-refractivity contribution in [2.45, 2.75) is 43.7 Å². The molecule has 1 saturated heterocycles. The minimum Gasteiger partial charge on any atom is -0.377 e. The standard InChI is InChI=1S/C26H27F4N5O3/c1-34(23-7-4-17(11-31)8-22(23)27)13-24(36)35(12-16-2-5-18(6-3-16)26(28,29)30)21-9-19(10-21)32-25(37)33-20-14-38-15-20/h2-8,19-21H,9-10,12-15H2,1H3,(H2,32,33,37). The van der Waals surface area contributed by atoms with Crippen molar-refractivity contribution >= 4 is 17.6 Å². The molecule has 0 aromatic heterocycles. The number of carbonyl (C=O) groups is 2. The molecule has 0 unspecified atom stereocenters. The molecule has 0 radical (unpaired) electrons. The third kappa shape index (κ3) is 6.52. The molecule has 0 atom stereocenters. The molecule has 2 aromatic rings. The molecule has 12 heteroatoms. The predicted molar refractivity (Wildman–Crippen MR) is 129 cm³/mol. The topological polar surface area (TPSA) is 97.7 Å². The molecule has 8 nitrogen and oxygen atoms in total. The normalized spacial score (nSPS) is 18.9. The first kappa shape index (κ1) is 27.2. The second kappa shape index (κ2) is 11.3. The Hall–Kier alpha value is -3.85. The summed E-state index contributed by atoms with van der Waals surface area (Å²) >= 11 is 0. The Morgan fingerprint density at radius 1 is 1.08 bits per heavy atom. The Balaban J connectivity index is 1.43. The van der Waals surface area contributed by atoms with Crippen molar-refractivity contribution in [3.8, 4) is 6.07 Å². The number of urea groups is 1. The van der Waals surface area contributed by atoms with E-state index in [0.29, 0.717) is 31.6 Å². The van der Waals surface area contributed by atoms with E-state index in [2.05, 4.69) is 10.6 Å². The summed E-state index contributed by atoms with van der Waals surface area (Å²) in [7, 11) is 1.54. The van der Waals surface area contributed by atoms with Crippen molar-refractivity contribution in [3.63, 3.8) is 0 Å². The lowest BCUT2D eigenvalue weighted by atomic mass is 9.85. The Morgan fingerprint density at radius 3 is 2.29 bits per heavy atom. The third-order valence-corrected chi connectivity index (χ3v) is 6.68. The Labute approximate surface area is 217 Å². The lowest BCUT2D eigenvalue weighted by Crippen LogP contribution is -2.59. The molecule has 1 heterocycles. The number of hydrogen-bond acceptors (Lipinski definition) is 5. The zero-order chi connectivity index (χ0) is 27.4. The predicted octanol–water partition coefficient (Wildman–Crippen LogP) is 3.41. The number of benzene rings is 2. The fourth-order valence-corrected chi connectivity index (χ4v) is 4.37. The number of nitrogens with zero attached hydrogens (tertiary/aromatic N) is 3. The van der Waals surface area contributed by atoms with Crippen LogP contribution in [0.25, 0.3) is 0 Å². The van der Waals surface area contributed by atoms with Crippen LogP contribution in [0.5, 0.6) is 0 Å². The van der Waals surface area contributed by atoms with Crippen LogP contribution in [0.15, 0.2) is 42.5 Å². The van der Waals surface area contributed by atoms with E-state index in [4.69, 9.17) is 10.00 Å². The van der Waals surface area contributed by atoms with Crippen LogP contribution in [0.4, 0.5) is 28.0 Å². The zero-order valence-electron chi connectivity index (χ0n) is 20.6. The van der Waals surface area contributed by atoms with Crippen LogP contribution in [-0.2, 0) is 22.3 Å². The van der Waals surface area contributed by atoms with Gasteiger partial charge in [0.15, 0.2) is 0 Å². The second-order valence-corrected chi connectivity index (χ2v) is 9.52. The van der Waals surface area contributed by atoms with E-state index < -0.39 is 17.6 Å². The average Bonchev–Trinajstić information content (AvgIpc) is 2.81. The van der Waals surface area contributed by atoms with Crippen molar-refractivity contribution in [2.24, 2.45) is 0 Å². The van der Waals surface area contributed by atoms with Crippen LogP contribution in [0.3, 0.4) is 0 Å². The second-order valence-electron chi connectivity index (χ2n) is 9.52. The number of hydrogen-bond donors (Lipinski definition) is 2. The van der Waals surface area contributed by atoms with Crippen LogP contribution < -0.4 is 15.5 Å². The fourth-order valence-electron chi connectivity index (χ4n) is 4.37. The molecule has 0 spiro atoms. The van der Waals surface area contributed by atoms with E-state index in [-0.39, 0.29) is 54.4 Å². The molecule has 202 valence electrons. The molecule has 1 aliphatic heterocycles. The smallest absolute Gasteiger partial charge is 0.377 e. The van der Waals surface area contributed by atoms with Gasteiger partial charge in [0.2, 0.25) is 5.91 Å². The van der Waals surface area contributed by atoms with Gasteiger partial charge in [-0.15, -0.1) is 0 Å². The lowest BCUT2D eigenvalue weighted by molar-refractivity contribution is -0.138. The van der Waals surface area contributed by atoms with E-state index >= 15 is 0 Å². The quantitative estimate of drug-likeness (QED) is 0.507. The van der Waals surface area contributed by atoms with Gasteiger partial charge in [0.05, 0.1) is 48.7 Å². The van der Waals surface area contributed by atoms with Gasteiger partial charge in [-0.2, -0.15) is 18.4 Å². The van der Waals surface area contributed by atoms with Crippen LogP contribution >= 0.6 is 0 Å². The number of anilines is 1. The van der Waals surface area contributed by atoms with E-state index in [1.54, 1.807) is 4.90 Å². The van der Waals surface area contributed by atoms with Gasteiger partial charge in [0.1, 0.15) is 5.82 Å². The van der Waals surface area contributed by atoms with Crippen molar-refractivity contribution in [3.05, 3.63) is 65.0 Å². The third-order valence-electron chi connectivity index (χ3n) is 6.68. The van der Waals surface area contributed by atoms with Crippen molar-refractivity contribution < 1.29 is 31.9 Å². The summed E-state index contributed by atoms with van der Waals surface area (Å²) in [6.45, 7) is 0.789. The fraction of sp³-hybridized carbons (Fsp3) is 0.423. The zero-order valence-corrected chi connectivity index (χ0v) is 20.6. The number of carbonyl (C=O) groups excluding carboxylic acids is 2. The molecule has 1 aliphatic carbocycles. The van der Waals surface area contributed by atoms with Gasteiger partial charge in [-0.05, 0) is 48.7 Å². The van der Waals surface area contributed by atoms with Gasteiger partial charge in [-0.3, -0.25) is 4.79 Å². The summed E-state index contributed by atoms with van der Waals surface area (Å²) in [5.41, 5.74) is 0.0112. The molecule has 38 heavy (non-hydrogen) atoms. The number of nitrogens with one attached hydrogen (secondary N) is 2. The maximum absolute atomic E-state index is 14.5. The first-order valence-electron chi connectivity index (χ1n) is 12.0. The van der Waals surface area contributed by atoms with Gasteiger partial charge < -0.3 is 25.2 Å². The van der Waals surface area contributed by atoms with Crippen molar-refractivity contribution in [2.75, 3.05) is 31.7 Å². The van der Waals surface area contributed by atoms with E-state index in [1.807, 2.05) is 6.07 Å². The van der Waals surface area contributed by atoms with Crippen molar-refractivity contribution in [1.29, 1.82) is 5.26 Å². The van der Waals surface area contributed by atoms with Crippen LogP contribution in [-0.4, -0.2) is 61.8 Å². The molecular formula is C26H27F4N5O3. The van der Waals surface area contributed by atoms with Gasteiger partial charge in [-0.1, -0.05) is 12.1 Å². The van der Waals surface area contributed by atoms with Gasteiger partial charge in [0.25, 0.3) is 0 Å². The van der Waals surface area contributed by atoms with Crippen LogP contribution in [0.2, 0.25) is 0 Å². The maximum atomic E-state index is 14.5. The molecule has 2 N–H and O–H groups in total. The Kier molecular flexibility index (Phi) is 8.06. The highest BCUT2D eigenvalue weighted by Crippen LogP contribution is 2.31. The number of alkyl halides is 3. The molecule has 2 aromatic carbocycles. The maximum Gasteiger partial charge on any atom is 0.416 e. The molecular weight excluding hydrogens is 506 g/mol. The summed E-state index contributed by atoms with van der Waals surface area (Å²) in [5, 5.41) is 14.6. The van der Waals surface area contributed by atoms with Gasteiger partial charge >= 0.3 is 12.2 Å². The average molecular weight is 534 g/mol. The molecule has 2 fully saturated rings. The summed E-state index contributed by atoms with van der Waals surface area (Å²) in [4.78, 5) is 28.5. The summed E-state index contributed by atoms with van der Waals surface area (Å²) < 4.78 is 58.4. The molecule has 0 bridgehead atoms. The van der Waals surface area contributed by atoms with E-state index in [0.717, 1.165) is 18.2 Å². The largest absolute Gasteiger partial charge is 0.416 e. The minimum atomic E-state index is -4.47. The highest BCUT2D eigenvalue weighted by Gasteiger charge is 2.38. The molecule has 3 amide bonds. The summed E-state index contributed by atoms with van der Waals surface area (Å²) in [6, 6.07) is 9.61. The van der Waals surface area contributed by atoms with Crippen molar-refractivity contribution in [1.82, 2.24) is 15.5 Å². The first-order chi connectivity index (χ1) is 18.0. The van der Waals surface area contributed by atoms with Gasteiger partial charge in [0, 0.05) is 25.7 Å². The molecule has 2 aliphatic rings. The number of ether oxygens (including phenoxy) is 1. The highest BCUT2D eigenvalue weighted by molar-refractivity contribution is 5.82.